The molecule has 118 valence electrons. The molecular formula is C13H20N2O5S. The maximum Gasteiger partial charge on any atom is 0.251 e. The SMILES string of the molecule is COC(CNS(=O)(=O)CCNC(=O)c1ccccc1)OC. The van der Waals surface area contributed by atoms with Gasteiger partial charge in [-0.25, -0.2) is 13.1 Å². The van der Waals surface area contributed by atoms with Crippen molar-refractivity contribution in [2.24, 2.45) is 0 Å². The van der Waals surface area contributed by atoms with Gasteiger partial charge in [0.15, 0.2) is 6.29 Å². The van der Waals surface area contributed by atoms with Gasteiger partial charge < -0.3 is 14.8 Å². The first-order chi connectivity index (χ1) is 9.98. The van der Waals surface area contributed by atoms with Crippen LogP contribution in [0.2, 0.25) is 0 Å². The Kier molecular flexibility index (Phi) is 7.30. The fourth-order valence-electron chi connectivity index (χ4n) is 1.52. The van der Waals surface area contributed by atoms with Crippen molar-refractivity contribution in [2.75, 3.05) is 33.1 Å². The quantitative estimate of drug-likeness (QED) is 0.623. The summed E-state index contributed by atoms with van der Waals surface area (Å²) in [5, 5.41) is 2.55. The molecule has 21 heavy (non-hydrogen) atoms. The Bertz CT molecular complexity index is 529. The van der Waals surface area contributed by atoms with Gasteiger partial charge in [-0.05, 0) is 12.1 Å². The molecule has 1 amide bonds. The second-order valence-electron chi connectivity index (χ2n) is 4.19. The lowest BCUT2D eigenvalue weighted by molar-refractivity contribution is -0.0960. The third-order valence-electron chi connectivity index (χ3n) is 2.69. The van der Waals surface area contributed by atoms with Crippen molar-refractivity contribution in [3.05, 3.63) is 35.9 Å². The summed E-state index contributed by atoms with van der Waals surface area (Å²) in [6, 6.07) is 8.59. The van der Waals surface area contributed by atoms with Crippen molar-refractivity contribution >= 4 is 15.9 Å². The number of carbonyl (C=O) groups is 1. The van der Waals surface area contributed by atoms with Gasteiger partial charge in [0.2, 0.25) is 10.0 Å². The van der Waals surface area contributed by atoms with Crippen molar-refractivity contribution in [1.29, 1.82) is 0 Å². The molecule has 2 N–H and O–H groups in total. The van der Waals surface area contributed by atoms with Crippen LogP contribution in [-0.4, -0.2) is 53.7 Å². The summed E-state index contributed by atoms with van der Waals surface area (Å²) in [7, 11) is -0.661. The Morgan fingerprint density at radius 3 is 2.38 bits per heavy atom. The number of ether oxygens (including phenoxy) is 2. The molecule has 0 aliphatic heterocycles. The van der Waals surface area contributed by atoms with Gasteiger partial charge in [-0.3, -0.25) is 4.79 Å². The molecule has 0 saturated carbocycles. The average molecular weight is 316 g/mol. The minimum atomic E-state index is -3.50. The molecule has 0 spiro atoms. The van der Waals surface area contributed by atoms with Crippen LogP contribution in [0.4, 0.5) is 0 Å². The second-order valence-corrected chi connectivity index (χ2v) is 6.12. The third-order valence-corrected chi connectivity index (χ3v) is 4.04. The summed E-state index contributed by atoms with van der Waals surface area (Å²) in [5.41, 5.74) is 0.488. The molecule has 1 aromatic rings. The van der Waals surface area contributed by atoms with E-state index in [1.54, 1.807) is 30.3 Å². The highest BCUT2D eigenvalue weighted by Crippen LogP contribution is 1.97. The van der Waals surface area contributed by atoms with E-state index in [0.717, 1.165) is 0 Å². The normalized spacial score (nSPS) is 11.6. The summed E-state index contributed by atoms with van der Waals surface area (Å²) in [6.45, 7) is 0.0374. The maximum absolute atomic E-state index is 11.7. The van der Waals surface area contributed by atoms with E-state index in [0.29, 0.717) is 5.56 Å². The van der Waals surface area contributed by atoms with Crippen LogP contribution in [0.25, 0.3) is 0 Å². The Morgan fingerprint density at radius 1 is 1.19 bits per heavy atom. The number of nitrogens with one attached hydrogen (secondary N) is 2. The lowest BCUT2D eigenvalue weighted by Gasteiger charge is -2.14. The number of methoxy groups -OCH3 is 2. The van der Waals surface area contributed by atoms with E-state index in [2.05, 4.69) is 10.0 Å². The topological polar surface area (TPSA) is 93.7 Å². The van der Waals surface area contributed by atoms with Gasteiger partial charge in [-0.1, -0.05) is 18.2 Å². The van der Waals surface area contributed by atoms with E-state index < -0.39 is 16.3 Å². The number of benzene rings is 1. The molecule has 1 rings (SSSR count). The molecule has 1 aromatic carbocycles. The molecule has 8 heteroatoms. The smallest absolute Gasteiger partial charge is 0.251 e. The van der Waals surface area contributed by atoms with E-state index in [9.17, 15) is 13.2 Å². The Morgan fingerprint density at radius 2 is 1.81 bits per heavy atom. The Labute approximate surface area is 124 Å². The van der Waals surface area contributed by atoms with Crippen molar-refractivity contribution < 1.29 is 22.7 Å². The zero-order valence-corrected chi connectivity index (χ0v) is 12.9. The van der Waals surface area contributed by atoms with Crippen LogP contribution in [0, 0.1) is 0 Å². The van der Waals surface area contributed by atoms with E-state index in [1.165, 1.54) is 14.2 Å². The number of sulfonamides is 1. The molecule has 0 aliphatic carbocycles. The molecule has 0 fully saturated rings. The summed E-state index contributed by atoms with van der Waals surface area (Å²) in [6.07, 6.45) is -0.640. The van der Waals surface area contributed by atoms with Crippen LogP contribution in [0.15, 0.2) is 30.3 Å². The van der Waals surface area contributed by atoms with Gasteiger partial charge in [0.25, 0.3) is 5.91 Å². The molecule has 0 unspecified atom stereocenters. The minimum Gasteiger partial charge on any atom is -0.355 e. The summed E-state index contributed by atoms with van der Waals surface area (Å²) < 4.78 is 35.5. The van der Waals surface area contributed by atoms with Crippen molar-refractivity contribution in [3.8, 4) is 0 Å². The number of rotatable bonds is 9. The highest BCUT2D eigenvalue weighted by molar-refractivity contribution is 7.89. The van der Waals surface area contributed by atoms with E-state index in [1.807, 2.05) is 0 Å². The maximum atomic E-state index is 11.7. The monoisotopic (exact) mass is 316 g/mol. The highest BCUT2D eigenvalue weighted by Gasteiger charge is 2.14. The predicted molar refractivity (Wildman–Crippen MR) is 78.4 cm³/mol. The zero-order chi connectivity index (χ0) is 15.7. The van der Waals surface area contributed by atoms with E-state index in [-0.39, 0.29) is 24.7 Å². The van der Waals surface area contributed by atoms with E-state index in [4.69, 9.17) is 9.47 Å². The third kappa shape index (κ3) is 6.67. The molecule has 0 heterocycles. The van der Waals surface area contributed by atoms with Gasteiger partial charge in [-0.15, -0.1) is 0 Å². The Hall–Kier alpha value is -1.48. The lowest BCUT2D eigenvalue weighted by atomic mass is 10.2. The fraction of sp³-hybridized carbons (Fsp3) is 0.462. The second kappa shape index (κ2) is 8.73. The molecule has 0 atom stereocenters. The van der Waals surface area contributed by atoms with E-state index >= 15 is 0 Å². The largest absolute Gasteiger partial charge is 0.355 e. The molecule has 0 radical (unpaired) electrons. The number of hydrogen-bond donors (Lipinski definition) is 2. The van der Waals surface area contributed by atoms with Crippen molar-refractivity contribution in [1.82, 2.24) is 10.0 Å². The van der Waals surface area contributed by atoms with Crippen molar-refractivity contribution in [3.63, 3.8) is 0 Å². The standard InChI is InChI=1S/C13H20N2O5S/c1-19-12(20-2)10-15-21(17,18)9-8-14-13(16)11-6-4-3-5-7-11/h3-7,12,15H,8-10H2,1-2H3,(H,14,16). The van der Waals surface area contributed by atoms with Gasteiger partial charge in [-0.2, -0.15) is 0 Å². The number of carbonyl (C=O) groups excluding carboxylic acids is 1. The van der Waals surface area contributed by atoms with Crippen LogP contribution in [0.1, 0.15) is 10.4 Å². The summed E-state index contributed by atoms with van der Waals surface area (Å²) >= 11 is 0. The molecular weight excluding hydrogens is 296 g/mol. The Balaban J connectivity index is 2.35. The number of hydrogen-bond acceptors (Lipinski definition) is 5. The number of amides is 1. The molecule has 0 bridgehead atoms. The molecule has 0 aliphatic rings. The first-order valence-electron chi connectivity index (χ1n) is 6.34. The lowest BCUT2D eigenvalue weighted by Crippen LogP contribution is -2.38. The molecule has 7 nitrogen and oxygen atoms in total. The van der Waals surface area contributed by atoms with Gasteiger partial charge >= 0.3 is 0 Å². The average Bonchev–Trinajstić information content (AvgIpc) is 2.49. The zero-order valence-electron chi connectivity index (χ0n) is 12.0. The fourth-order valence-corrected chi connectivity index (χ4v) is 2.43. The van der Waals surface area contributed by atoms with Crippen LogP contribution >= 0.6 is 0 Å². The van der Waals surface area contributed by atoms with Gasteiger partial charge in [0.1, 0.15) is 0 Å². The van der Waals surface area contributed by atoms with Crippen LogP contribution in [0.5, 0.6) is 0 Å². The molecule has 0 aromatic heterocycles. The van der Waals surface area contributed by atoms with Crippen LogP contribution < -0.4 is 10.0 Å². The molecule has 0 saturated heterocycles. The predicted octanol–water partition coefficient (Wildman–Crippen LogP) is -0.0453. The van der Waals surface area contributed by atoms with Crippen LogP contribution in [-0.2, 0) is 19.5 Å². The summed E-state index contributed by atoms with van der Waals surface area (Å²) in [5.74, 6) is -0.524. The van der Waals surface area contributed by atoms with Gasteiger partial charge in [0, 0.05) is 26.3 Å². The first kappa shape index (κ1) is 17.6. The van der Waals surface area contributed by atoms with Gasteiger partial charge in [0.05, 0.1) is 12.3 Å². The van der Waals surface area contributed by atoms with Crippen molar-refractivity contribution in [2.45, 2.75) is 6.29 Å². The first-order valence-corrected chi connectivity index (χ1v) is 8.00. The summed E-state index contributed by atoms with van der Waals surface area (Å²) in [4.78, 5) is 11.7. The van der Waals surface area contributed by atoms with Crippen LogP contribution in [0.3, 0.4) is 0 Å². The minimum absolute atomic E-state index is 0.0158. The highest BCUT2D eigenvalue weighted by atomic mass is 32.2.